The van der Waals surface area contributed by atoms with Crippen molar-refractivity contribution in [3.63, 3.8) is 0 Å². The summed E-state index contributed by atoms with van der Waals surface area (Å²) in [6.07, 6.45) is 4.75. The summed E-state index contributed by atoms with van der Waals surface area (Å²) in [6.45, 7) is 6.11. The molecule has 1 saturated carbocycles. The van der Waals surface area contributed by atoms with Gasteiger partial charge < -0.3 is 5.11 Å². The van der Waals surface area contributed by atoms with Crippen LogP contribution in [-0.2, 0) is 12.0 Å². The molecule has 108 valence electrons. The Labute approximate surface area is 122 Å². The first kappa shape index (κ1) is 15.1. The molecule has 0 saturated heterocycles. The Morgan fingerprint density at radius 3 is 2.55 bits per heavy atom. The van der Waals surface area contributed by atoms with Crippen molar-refractivity contribution >= 4 is 0 Å². The summed E-state index contributed by atoms with van der Waals surface area (Å²) in [5, 5.41) is 20.9. The van der Waals surface area contributed by atoms with Crippen LogP contribution in [0.15, 0.2) is 24.3 Å². The molecule has 0 radical (unpaired) electrons. The number of benzene rings is 1. The van der Waals surface area contributed by atoms with Crippen molar-refractivity contribution in [2.24, 2.45) is 11.3 Å². The molecule has 1 aromatic carbocycles. The van der Waals surface area contributed by atoms with Gasteiger partial charge in [0, 0.05) is 0 Å². The SMILES string of the molecule is CCc1ccc(C(C)(O)C2(C#N)CCCC(C)C2)cc1. The third kappa shape index (κ3) is 2.47. The van der Waals surface area contributed by atoms with Gasteiger partial charge in [-0.25, -0.2) is 0 Å². The van der Waals surface area contributed by atoms with Crippen LogP contribution < -0.4 is 0 Å². The first-order chi connectivity index (χ1) is 9.45. The van der Waals surface area contributed by atoms with Crippen molar-refractivity contribution < 1.29 is 5.11 Å². The highest BCUT2D eigenvalue weighted by Gasteiger charge is 2.50. The maximum absolute atomic E-state index is 11.1. The van der Waals surface area contributed by atoms with Crippen LogP contribution in [0.4, 0.5) is 0 Å². The highest BCUT2D eigenvalue weighted by atomic mass is 16.3. The summed E-state index contributed by atoms with van der Waals surface area (Å²) < 4.78 is 0. The zero-order valence-electron chi connectivity index (χ0n) is 12.8. The first-order valence-electron chi connectivity index (χ1n) is 7.68. The topological polar surface area (TPSA) is 44.0 Å². The standard InChI is InChI=1S/C18H25NO/c1-4-15-7-9-16(10-8-15)17(3,20)18(13-19)11-5-6-14(2)12-18/h7-10,14,20H,4-6,11-12H2,1-3H3. The molecule has 1 fully saturated rings. The van der Waals surface area contributed by atoms with Crippen LogP contribution in [-0.4, -0.2) is 5.11 Å². The third-order valence-electron chi connectivity index (χ3n) is 5.07. The molecule has 1 aliphatic rings. The minimum Gasteiger partial charge on any atom is -0.384 e. The molecule has 0 aliphatic heterocycles. The number of nitrogens with zero attached hydrogens (tertiary/aromatic N) is 1. The van der Waals surface area contributed by atoms with Gasteiger partial charge in [-0.1, -0.05) is 51.0 Å². The molecule has 1 aliphatic carbocycles. The Morgan fingerprint density at radius 1 is 1.40 bits per heavy atom. The van der Waals surface area contributed by atoms with Crippen LogP contribution in [0.3, 0.4) is 0 Å². The van der Waals surface area contributed by atoms with Gasteiger partial charge in [0.2, 0.25) is 0 Å². The van der Waals surface area contributed by atoms with E-state index in [2.05, 4.69) is 32.0 Å². The lowest BCUT2D eigenvalue weighted by molar-refractivity contribution is -0.0720. The van der Waals surface area contributed by atoms with E-state index in [-0.39, 0.29) is 0 Å². The molecule has 20 heavy (non-hydrogen) atoms. The average molecular weight is 271 g/mol. The molecule has 3 atom stereocenters. The summed E-state index contributed by atoms with van der Waals surface area (Å²) in [5.41, 5.74) is 0.388. The maximum Gasteiger partial charge on any atom is 0.105 e. The van der Waals surface area contributed by atoms with E-state index in [1.807, 2.05) is 19.1 Å². The van der Waals surface area contributed by atoms with Crippen molar-refractivity contribution in [3.05, 3.63) is 35.4 Å². The highest BCUT2D eigenvalue weighted by molar-refractivity contribution is 5.31. The summed E-state index contributed by atoms with van der Waals surface area (Å²) in [4.78, 5) is 0. The van der Waals surface area contributed by atoms with Gasteiger partial charge in [0.05, 0.1) is 11.5 Å². The number of hydrogen-bond donors (Lipinski definition) is 1. The maximum atomic E-state index is 11.1. The van der Waals surface area contributed by atoms with Gasteiger partial charge >= 0.3 is 0 Å². The Hall–Kier alpha value is -1.33. The van der Waals surface area contributed by atoms with Crippen molar-refractivity contribution in [1.29, 1.82) is 5.26 Å². The van der Waals surface area contributed by atoms with Crippen LogP contribution >= 0.6 is 0 Å². The second-order valence-corrected chi connectivity index (χ2v) is 6.52. The van der Waals surface area contributed by atoms with E-state index in [1.54, 1.807) is 0 Å². The second-order valence-electron chi connectivity index (χ2n) is 6.52. The fourth-order valence-corrected chi connectivity index (χ4v) is 3.55. The van der Waals surface area contributed by atoms with Crippen LogP contribution in [0.1, 0.15) is 57.6 Å². The van der Waals surface area contributed by atoms with Crippen molar-refractivity contribution in [1.82, 2.24) is 0 Å². The molecule has 2 rings (SSSR count). The van der Waals surface area contributed by atoms with E-state index in [9.17, 15) is 10.4 Å². The van der Waals surface area contributed by atoms with Gasteiger partial charge in [0.25, 0.3) is 0 Å². The smallest absolute Gasteiger partial charge is 0.105 e. The Bertz CT molecular complexity index is 497. The van der Waals surface area contributed by atoms with E-state index < -0.39 is 11.0 Å². The molecule has 1 aromatic rings. The van der Waals surface area contributed by atoms with E-state index in [0.29, 0.717) is 5.92 Å². The molecule has 0 aromatic heterocycles. The predicted molar refractivity (Wildman–Crippen MR) is 81.1 cm³/mol. The number of aliphatic hydroxyl groups is 1. The molecule has 0 bridgehead atoms. The molecule has 0 amide bonds. The summed E-state index contributed by atoms with van der Waals surface area (Å²) in [5.74, 6) is 0.504. The molecular formula is C18H25NO. The molecule has 3 unspecified atom stereocenters. The monoisotopic (exact) mass is 271 g/mol. The van der Waals surface area contributed by atoms with Gasteiger partial charge in [-0.3, -0.25) is 0 Å². The molecule has 2 nitrogen and oxygen atoms in total. The van der Waals surface area contributed by atoms with Crippen LogP contribution in [0, 0.1) is 22.7 Å². The Balaban J connectivity index is 2.37. The zero-order chi connectivity index (χ0) is 14.8. The van der Waals surface area contributed by atoms with E-state index >= 15 is 0 Å². The van der Waals surface area contributed by atoms with E-state index in [1.165, 1.54) is 5.56 Å². The number of nitriles is 1. The normalized spacial score (nSPS) is 29.4. The number of rotatable bonds is 3. The molecule has 0 spiro atoms. The predicted octanol–water partition coefficient (Wildman–Crippen LogP) is 4.18. The highest BCUT2D eigenvalue weighted by Crippen LogP contribution is 2.50. The van der Waals surface area contributed by atoms with Crippen molar-refractivity contribution in [3.8, 4) is 6.07 Å². The van der Waals surface area contributed by atoms with Gasteiger partial charge in [-0.15, -0.1) is 0 Å². The Kier molecular flexibility index (Phi) is 4.20. The third-order valence-corrected chi connectivity index (χ3v) is 5.07. The second kappa shape index (κ2) is 5.58. The Morgan fingerprint density at radius 2 is 2.05 bits per heavy atom. The van der Waals surface area contributed by atoms with Crippen LogP contribution in [0.2, 0.25) is 0 Å². The summed E-state index contributed by atoms with van der Waals surface area (Å²) in [7, 11) is 0. The summed E-state index contributed by atoms with van der Waals surface area (Å²) >= 11 is 0. The lowest BCUT2D eigenvalue weighted by Crippen LogP contribution is -2.45. The molecule has 2 heteroatoms. The quantitative estimate of drug-likeness (QED) is 0.896. The number of hydrogen-bond acceptors (Lipinski definition) is 2. The minimum atomic E-state index is -1.08. The number of aryl methyl sites for hydroxylation is 1. The van der Waals surface area contributed by atoms with Crippen molar-refractivity contribution in [2.45, 2.75) is 58.5 Å². The zero-order valence-corrected chi connectivity index (χ0v) is 12.8. The van der Waals surface area contributed by atoms with Crippen molar-refractivity contribution in [2.75, 3.05) is 0 Å². The first-order valence-corrected chi connectivity index (χ1v) is 7.68. The fraction of sp³-hybridized carbons (Fsp3) is 0.611. The van der Waals surface area contributed by atoms with E-state index in [4.69, 9.17) is 0 Å². The molecule has 0 heterocycles. The van der Waals surface area contributed by atoms with Crippen LogP contribution in [0.5, 0.6) is 0 Å². The lowest BCUT2D eigenvalue weighted by atomic mass is 9.60. The van der Waals surface area contributed by atoms with E-state index in [0.717, 1.165) is 37.7 Å². The average Bonchev–Trinajstić information content (AvgIpc) is 2.47. The lowest BCUT2D eigenvalue weighted by Gasteiger charge is -2.45. The van der Waals surface area contributed by atoms with Crippen LogP contribution in [0.25, 0.3) is 0 Å². The van der Waals surface area contributed by atoms with Gasteiger partial charge in [0.15, 0.2) is 0 Å². The molecule has 1 N–H and O–H groups in total. The van der Waals surface area contributed by atoms with Gasteiger partial charge in [-0.05, 0) is 43.2 Å². The summed E-state index contributed by atoms with van der Waals surface area (Å²) in [6, 6.07) is 10.5. The van der Waals surface area contributed by atoms with Gasteiger partial charge in [0.1, 0.15) is 5.60 Å². The largest absolute Gasteiger partial charge is 0.384 e. The fourth-order valence-electron chi connectivity index (χ4n) is 3.55. The molecular weight excluding hydrogens is 246 g/mol. The minimum absolute atomic E-state index is 0.504. The van der Waals surface area contributed by atoms with Gasteiger partial charge in [-0.2, -0.15) is 5.26 Å².